The van der Waals surface area contributed by atoms with Crippen LogP contribution >= 0.6 is 0 Å². The van der Waals surface area contributed by atoms with E-state index in [9.17, 15) is 19.2 Å². The average Bonchev–Trinajstić information content (AvgIpc) is 2.38. The van der Waals surface area contributed by atoms with E-state index >= 15 is 0 Å². The van der Waals surface area contributed by atoms with Gasteiger partial charge in [0.2, 0.25) is 0 Å². The Hall–Kier alpha value is -2.32. The van der Waals surface area contributed by atoms with Gasteiger partial charge in [-0.1, -0.05) is 0 Å². The third kappa shape index (κ3) is 12.0. The highest BCUT2D eigenvalue weighted by Crippen LogP contribution is 2.06. The smallest absolute Gasteiger partial charge is 0.408 e. The summed E-state index contributed by atoms with van der Waals surface area (Å²) in [6.07, 6.45) is -1.89. The van der Waals surface area contributed by atoms with Crippen LogP contribution in [0.3, 0.4) is 0 Å². The van der Waals surface area contributed by atoms with Crippen molar-refractivity contribution in [2.45, 2.75) is 52.2 Å². The number of carbonyl (C=O) groups is 4. The molecular weight excluding hydrogens is 310 g/mol. The van der Waals surface area contributed by atoms with Crippen LogP contribution in [0.1, 0.15) is 40.5 Å². The van der Waals surface area contributed by atoms with Gasteiger partial charge in [-0.3, -0.25) is 9.59 Å². The van der Waals surface area contributed by atoms with E-state index in [1.54, 1.807) is 20.8 Å². The number of esters is 2. The highest BCUT2D eigenvalue weighted by Gasteiger charge is 2.21. The lowest BCUT2D eigenvalue weighted by Crippen LogP contribution is -2.37. The van der Waals surface area contributed by atoms with Gasteiger partial charge in [-0.2, -0.15) is 0 Å². The molecule has 0 heterocycles. The van der Waals surface area contributed by atoms with E-state index in [0.717, 1.165) is 0 Å². The van der Waals surface area contributed by atoms with Crippen LogP contribution in [-0.4, -0.2) is 54.0 Å². The molecule has 1 atom stereocenters. The van der Waals surface area contributed by atoms with E-state index in [1.807, 2.05) is 0 Å². The highest BCUT2D eigenvalue weighted by molar-refractivity contribution is 5.82. The topological polar surface area (TPSA) is 128 Å². The molecule has 23 heavy (non-hydrogen) atoms. The Kier molecular flexibility index (Phi) is 8.67. The first-order valence-corrected chi connectivity index (χ1v) is 7.06. The minimum atomic E-state index is -1.16. The molecule has 0 bridgehead atoms. The van der Waals surface area contributed by atoms with E-state index in [-0.39, 0.29) is 19.4 Å². The van der Waals surface area contributed by atoms with E-state index in [1.165, 1.54) is 6.92 Å². The number of aliphatic carboxylic acids is 1. The van der Waals surface area contributed by atoms with Crippen LogP contribution in [0.15, 0.2) is 0 Å². The normalized spacial score (nSPS) is 12.0. The number of carbonyl (C=O) groups excluding carboxylic acids is 3. The molecule has 0 rings (SSSR count). The van der Waals surface area contributed by atoms with Crippen molar-refractivity contribution < 1.29 is 38.5 Å². The molecule has 0 aromatic rings. The summed E-state index contributed by atoms with van der Waals surface area (Å²) >= 11 is 0. The first-order chi connectivity index (χ1) is 10.5. The number of nitrogens with one attached hydrogen (secondary N) is 1. The van der Waals surface area contributed by atoms with Crippen LogP contribution in [0.25, 0.3) is 0 Å². The molecule has 0 aromatic heterocycles. The molecule has 2 N–H and O–H groups in total. The van der Waals surface area contributed by atoms with Crippen molar-refractivity contribution in [1.82, 2.24) is 5.32 Å². The molecule has 0 saturated carbocycles. The average molecular weight is 333 g/mol. The quantitative estimate of drug-likeness (QED) is 0.380. The fourth-order valence-corrected chi connectivity index (χ4v) is 1.26. The van der Waals surface area contributed by atoms with Gasteiger partial charge < -0.3 is 24.6 Å². The minimum absolute atomic E-state index is 0.0802. The lowest BCUT2D eigenvalue weighted by Gasteiger charge is -2.19. The zero-order valence-electron chi connectivity index (χ0n) is 13.7. The standard InChI is InChI=1S/C14H23NO8/c1-9(12(19)21-7-5-6-10(16)17)22-11(18)8-15-13(20)23-14(2,3)4/h9H,5-8H2,1-4H3,(H,15,20)(H,16,17). The van der Waals surface area contributed by atoms with Crippen LogP contribution in [0.2, 0.25) is 0 Å². The largest absolute Gasteiger partial charge is 0.481 e. The Morgan fingerprint density at radius 1 is 1.17 bits per heavy atom. The number of hydrogen-bond donors (Lipinski definition) is 2. The van der Waals surface area contributed by atoms with E-state index < -0.39 is 42.3 Å². The molecule has 0 saturated heterocycles. The Morgan fingerprint density at radius 3 is 2.30 bits per heavy atom. The number of rotatable bonds is 8. The van der Waals surface area contributed by atoms with Gasteiger partial charge in [-0.15, -0.1) is 0 Å². The summed E-state index contributed by atoms with van der Waals surface area (Å²) in [6.45, 7) is 5.80. The minimum Gasteiger partial charge on any atom is -0.481 e. The SMILES string of the molecule is CC(OC(=O)CNC(=O)OC(C)(C)C)C(=O)OCCCC(=O)O. The van der Waals surface area contributed by atoms with Crippen molar-refractivity contribution in [1.29, 1.82) is 0 Å². The predicted molar refractivity (Wildman–Crippen MR) is 77.6 cm³/mol. The van der Waals surface area contributed by atoms with Crippen molar-refractivity contribution in [3.05, 3.63) is 0 Å². The predicted octanol–water partition coefficient (Wildman–Crippen LogP) is 0.851. The Morgan fingerprint density at radius 2 is 1.78 bits per heavy atom. The van der Waals surface area contributed by atoms with Crippen LogP contribution < -0.4 is 5.32 Å². The molecular formula is C14H23NO8. The van der Waals surface area contributed by atoms with Crippen LogP contribution in [0, 0.1) is 0 Å². The fraction of sp³-hybridized carbons (Fsp3) is 0.714. The maximum absolute atomic E-state index is 11.5. The summed E-state index contributed by atoms with van der Waals surface area (Å²) in [5, 5.41) is 10.6. The molecule has 0 aliphatic heterocycles. The number of alkyl carbamates (subject to hydrolysis) is 1. The second-order valence-electron chi connectivity index (χ2n) is 5.65. The van der Waals surface area contributed by atoms with Crippen LogP contribution in [-0.2, 0) is 28.6 Å². The van der Waals surface area contributed by atoms with E-state index in [4.69, 9.17) is 19.3 Å². The van der Waals surface area contributed by atoms with Gasteiger partial charge >= 0.3 is 24.0 Å². The van der Waals surface area contributed by atoms with Gasteiger partial charge in [0, 0.05) is 6.42 Å². The first kappa shape index (κ1) is 20.7. The fourth-order valence-electron chi connectivity index (χ4n) is 1.26. The second kappa shape index (κ2) is 9.65. The Balaban J connectivity index is 3.98. The maximum atomic E-state index is 11.5. The van der Waals surface area contributed by atoms with Gasteiger partial charge in [0.25, 0.3) is 0 Å². The molecule has 0 radical (unpaired) electrons. The summed E-state index contributed by atoms with van der Waals surface area (Å²) in [6, 6.07) is 0. The van der Waals surface area contributed by atoms with E-state index in [0.29, 0.717) is 0 Å². The van der Waals surface area contributed by atoms with Crippen molar-refractivity contribution in [2.24, 2.45) is 0 Å². The number of amides is 1. The first-order valence-electron chi connectivity index (χ1n) is 7.06. The number of ether oxygens (including phenoxy) is 3. The van der Waals surface area contributed by atoms with Gasteiger partial charge in [-0.25, -0.2) is 9.59 Å². The zero-order chi connectivity index (χ0) is 18.0. The summed E-state index contributed by atoms with van der Waals surface area (Å²) in [4.78, 5) is 44.6. The second-order valence-corrected chi connectivity index (χ2v) is 5.65. The van der Waals surface area contributed by atoms with E-state index in [2.05, 4.69) is 5.32 Å². The van der Waals surface area contributed by atoms with Gasteiger partial charge in [0.1, 0.15) is 12.1 Å². The molecule has 0 aromatic carbocycles. The van der Waals surface area contributed by atoms with Crippen LogP contribution in [0.4, 0.5) is 4.79 Å². The summed E-state index contributed by atoms with van der Waals surface area (Å²) < 4.78 is 14.5. The Labute approximate surface area is 134 Å². The van der Waals surface area contributed by atoms with Gasteiger partial charge in [0.05, 0.1) is 6.61 Å². The molecule has 1 amide bonds. The van der Waals surface area contributed by atoms with Crippen molar-refractivity contribution in [2.75, 3.05) is 13.2 Å². The van der Waals surface area contributed by atoms with Crippen molar-refractivity contribution in [3.8, 4) is 0 Å². The lowest BCUT2D eigenvalue weighted by molar-refractivity contribution is -0.166. The highest BCUT2D eigenvalue weighted by atomic mass is 16.6. The molecule has 0 aliphatic rings. The summed E-state index contributed by atoms with van der Waals surface area (Å²) in [5.74, 6) is -2.61. The van der Waals surface area contributed by atoms with Crippen molar-refractivity contribution in [3.63, 3.8) is 0 Å². The van der Waals surface area contributed by atoms with Crippen molar-refractivity contribution >= 4 is 24.0 Å². The number of carboxylic acids is 1. The molecule has 1 unspecified atom stereocenters. The number of hydrogen-bond acceptors (Lipinski definition) is 7. The lowest BCUT2D eigenvalue weighted by atomic mass is 10.2. The third-order valence-corrected chi connectivity index (χ3v) is 2.20. The molecule has 9 heteroatoms. The molecule has 0 spiro atoms. The molecule has 0 aliphatic carbocycles. The van der Waals surface area contributed by atoms with Crippen LogP contribution in [0.5, 0.6) is 0 Å². The van der Waals surface area contributed by atoms with Gasteiger partial charge in [-0.05, 0) is 34.1 Å². The zero-order valence-corrected chi connectivity index (χ0v) is 13.7. The molecule has 9 nitrogen and oxygen atoms in total. The summed E-state index contributed by atoms with van der Waals surface area (Å²) in [7, 11) is 0. The maximum Gasteiger partial charge on any atom is 0.408 e. The third-order valence-electron chi connectivity index (χ3n) is 2.20. The summed E-state index contributed by atoms with van der Waals surface area (Å²) in [5.41, 5.74) is -0.693. The number of carboxylic acid groups (broad SMARTS) is 1. The molecule has 0 fully saturated rings. The molecule has 132 valence electrons. The Bertz CT molecular complexity index is 441. The monoisotopic (exact) mass is 333 g/mol. The van der Waals surface area contributed by atoms with Gasteiger partial charge in [0.15, 0.2) is 6.10 Å².